The fraction of sp³-hybridized carbons (Fsp3) is 0. The SMILES string of the molecule is O=C(Nc1c(Cl)ccc(Cl)c1C(=O)O)c1cccc(F)n1. The normalized spacial score (nSPS) is 10.2. The molecule has 0 saturated carbocycles. The first kappa shape index (κ1) is 15.2. The van der Waals surface area contributed by atoms with Crippen LogP contribution in [0.3, 0.4) is 0 Å². The lowest BCUT2D eigenvalue weighted by Gasteiger charge is -2.11. The summed E-state index contributed by atoms with van der Waals surface area (Å²) in [7, 11) is 0. The maximum Gasteiger partial charge on any atom is 0.339 e. The number of pyridine rings is 1. The predicted octanol–water partition coefficient (Wildman–Crippen LogP) is 3.48. The number of halogens is 3. The number of hydrogen-bond donors (Lipinski definition) is 2. The number of nitrogens with one attached hydrogen (secondary N) is 1. The van der Waals surface area contributed by atoms with Gasteiger partial charge in [0.1, 0.15) is 11.3 Å². The number of rotatable bonds is 3. The van der Waals surface area contributed by atoms with E-state index in [1.807, 2.05) is 0 Å². The highest BCUT2D eigenvalue weighted by Crippen LogP contribution is 2.32. The monoisotopic (exact) mass is 328 g/mol. The molecular formula is C13H7Cl2FN2O3. The van der Waals surface area contributed by atoms with E-state index in [-0.39, 0.29) is 27.0 Å². The molecule has 0 aliphatic rings. The van der Waals surface area contributed by atoms with Crippen molar-refractivity contribution in [2.24, 2.45) is 0 Å². The molecule has 1 heterocycles. The van der Waals surface area contributed by atoms with Crippen molar-refractivity contribution in [3.63, 3.8) is 0 Å². The number of aromatic nitrogens is 1. The zero-order valence-corrected chi connectivity index (χ0v) is 11.7. The molecule has 0 saturated heterocycles. The summed E-state index contributed by atoms with van der Waals surface area (Å²) in [6.07, 6.45) is 0. The minimum absolute atomic E-state index is 0.0125. The van der Waals surface area contributed by atoms with E-state index in [4.69, 9.17) is 28.3 Å². The number of anilines is 1. The van der Waals surface area contributed by atoms with Crippen LogP contribution in [0.2, 0.25) is 10.0 Å². The molecule has 21 heavy (non-hydrogen) atoms. The van der Waals surface area contributed by atoms with E-state index in [0.717, 1.165) is 6.07 Å². The smallest absolute Gasteiger partial charge is 0.339 e. The van der Waals surface area contributed by atoms with Crippen molar-refractivity contribution in [1.29, 1.82) is 0 Å². The zero-order chi connectivity index (χ0) is 15.6. The molecular weight excluding hydrogens is 322 g/mol. The standard InChI is InChI=1S/C13H7Cl2FN2O3/c14-6-4-5-7(15)11(10(6)13(20)21)18-12(19)8-2-1-3-9(16)17-8/h1-5H,(H,18,19)(H,20,21). The fourth-order valence-corrected chi connectivity index (χ4v) is 2.04. The van der Waals surface area contributed by atoms with Gasteiger partial charge in [-0.2, -0.15) is 4.39 Å². The Labute approximate surface area is 128 Å². The van der Waals surface area contributed by atoms with Crippen molar-refractivity contribution in [3.05, 3.63) is 57.6 Å². The van der Waals surface area contributed by atoms with Gasteiger partial charge in [-0.25, -0.2) is 9.78 Å². The first-order valence-electron chi connectivity index (χ1n) is 5.55. The second kappa shape index (κ2) is 6.07. The van der Waals surface area contributed by atoms with Crippen LogP contribution in [-0.4, -0.2) is 22.0 Å². The third-order valence-corrected chi connectivity index (χ3v) is 3.13. The van der Waals surface area contributed by atoms with E-state index in [1.165, 1.54) is 24.3 Å². The summed E-state index contributed by atoms with van der Waals surface area (Å²) < 4.78 is 13.0. The minimum Gasteiger partial charge on any atom is -0.478 e. The Morgan fingerprint density at radius 3 is 2.43 bits per heavy atom. The first-order valence-corrected chi connectivity index (χ1v) is 6.31. The Kier molecular flexibility index (Phi) is 4.40. The van der Waals surface area contributed by atoms with Gasteiger partial charge in [0.25, 0.3) is 5.91 Å². The largest absolute Gasteiger partial charge is 0.478 e. The van der Waals surface area contributed by atoms with Gasteiger partial charge < -0.3 is 10.4 Å². The van der Waals surface area contributed by atoms with Crippen molar-refractivity contribution < 1.29 is 19.1 Å². The highest BCUT2D eigenvalue weighted by molar-refractivity contribution is 6.38. The Morgan fingerprint density at radius 1 is 1.14 bits per heavy atom. The number of amides is 1. The number of benzene rings is 1. The molecule has 0 fully saturated rings. The molecule has 0 atom stereocenters. The summed E-state index contributed by atoms with van der Waals surface area (Å²) in [6, 6.07) is 6.28. The highest BCUT2D eigenvalue weighted by atomic mass is 35.5. The molecule has 1 amide bonds. The number of carbonyl (C=O) groups excluding carboxylic acids is 1. The summed E-state index contributed by atoms with van der Waals surface area (Å²) in [5.41, 5.74) is -0.746. The topological polar surface area (TPSA) is 79.3 Å². The van der Waals surface area contributed by atoms with E-state index in [2.05, 4.69) is 10.3 Å². The molecule has 1 aromatic carbocycles. The van der Waals surface area contributed by atoms with Gasteiger partial charge in [0.2, 0.25) is 5.95 Å². The van der Waals surface area contributed by atoms with Gasteiger partial charge in [0, 0.05) is 0 Å². The molecule has 0 aliphatic carbocycles. The molecule has 2 N–H and O–H groups in total. The molecule has 2 aromatic rings. The fourth-order valence-electron chi connectivity index (χ4n) is 1.60. The number of aromatic carboxylic acids is 1. The van der Waals surface area contributed by atoms with Crippen LogP contribution in [0.15, 0.2) is 30.3 Å². The molecule has 0 aliphatic heterocycles. The van der Waals surface area contributed by atoms with Crippen LogP contribution in [-0.2, 0) is 0 Å². The maximum atomic E-state index is 13.0. The lowest BCUT2D eigenvalue weighted by Crippen LogP contribution is -2.17. The predicted molar refractivity (Wildman–Crippen MR) is 75.6 cm³/mol. The Bertz CT molecular complexity index is 737. The van der Waals surface area contributed by atoms with Gasteiger partial charge in [0.15, 0.2) is 0 Å². The summed E-state index contributed by atoms with van der Waals surface area (Å²) in [4.78, 5) is 26.6. The van der Waals surface area contributed by atoms with Gasteiger partial charge >= 0.3 is 5.97 Å². The van der Waals surface area contributed by atoms with Gasteiger partial charge in [-0.05, 0) is 24.3 Å². The van der Waals surface area contributed by atoms with Crippen LogP contribution in [0, 0.1) is 5.95 Å². The van der Waals surface area contributed by atoms with E-state index in [9.17, 15) is 14.0 Å². The second-order valence-corrected chi connectivity index (χ2v) is 4.70. The Hall–Kier alpha value is -2.18. The average Bonchev–Trinajstić information content (AvgIpc) is 2.42. The average molecular weight is 329 g/mol. The number of nitrogens with zero attached hydrogens (tertiary/aromatic N) is 1. The molecule has 8 heteroatoms. The molecule has 108 valence electrons. The molecule has 0 bridgehead atoms. The molecule has 0 radical (unpaired) electrons. The van der Waals surface area contributed by atoms with Crippen molar-refractivity contribution in [3.8, 4) is 0 Å². The molecule has 0 spiro atoms. The van der Waals surface area contributed by atoms with E-state index in [0.29, 0.717) is 0 Å². The van der Waals surface area contributed by atoms with Crippen molar-refractivity contribution in [2.75, 3.05) is 5.32 Å². The minimum atomic E-state index is -1.36. The van der Waals surface area contributed by atoms with E-state index in [1.54, 1.807) is 0 Å². The summed E-state index contributed by atoms with van der Waals surface area (Å²) in [6.45, 7) is 0. The summed E-state index contributed by atoms with van der Waals surface area (Å²) in [5.74, 6) is -3.00. The van der Waals surface area contributed by atoms with Gasteiger partial charge in [-0.1, -0.05) is 29.3 Å². The molecule has 5 nitrogen and oxygen atoms in total. The Balaban J connectivity index is 2.42. The van der Waals surface area contributed by atoms with E-state index < -0.39 is 17.8 Å². The second-order valence-electron chi connectivity index (χ2n) is 3.88. The summed E-state index contributed by atoms with van der Waals surface area (Å²) in [5, 5.41) is 11.3. The van der Waals surface area contributed by atoms with Gasteiger partial charge in [-0.3, -0.25) is 4.79 Å². The number of carbonyl (C=O) groups is 2. The van der Waals surface area contributed by atoms with Crippen LogP contribution < -0.4 is 5.32 Å². The lowest BCUT2D eigenvalue weighted by molar-refractivity contribution is 0.0698. The lowest BCUT2D eigenvalue weighted by atomic mass is 10.1. The molecule has 0 unspecified atom stereocenters. The van der Waals surface area contributed by atoms with Crippen LogP contribution >= 0.6 is 23.2 Å². The van der Waals surface area contributed by atoms with Crippen LogP contribution in [0.25, 0.3) is 0 Å². The van der Waals surface area contributed by atoms with Crippen molar-refractivity contribution in [1.82, 2.24) is 4.98 Å². The number of hydrogen-bond acceptors (Lipinski definition) is 3. The van der Waals surface area contributed by atoms with Crippen LogP contribution in [0.1, 0.15) is 20.8 Å². The summed E-state index contributed by atoms with van der Waals surface area (Å²) >= 11 is 11.7. The van der Waals surface area contributed by atoms with Gasteiger partial charge in [-0.15, -0.1) is 0 Å². The van der Waals surface area contributed by atoms with E-state index >= 15 is 0 Å². The first-order chi connectivity index (χ1) is 9.90. The molecule has 2 rings (SSSR count). The highest BCUT2D eigenvalue weighted by Gasteiger charge is 2.20. The maximum absolute atomic E-state index is 13.0. The van der Waals surface area contributed by atoms with Crippen molar-refractivity contribution >= 4 is 40.8 Å². The quantitative estimate of drug-likeness (QED) is 0.845. The van der Waals surface area contributed by atoms with Crippen LogP contribution in [0.5, 0.6) is 0 Å². The zero-order valence-electron chi connectivity index (χ0n) is 10.2. The van der Waals surface area contributed by atoms with Gasteiger partial charge in [0.05, 0.1) is 15.7 Å². The Morgan fingerprint density at radius 2 is 1.81 bits per heavy atom. The third-order valence-electron chi connectivity index (χ3n) is 2.50. The van der Waals surface area contributed by atoms with Crippen LogP contribution in [0.4, 0.5) is 10.1 Å². The van der Waals surface area contributed by atoms with Crippen molar-refractivity contribution in [2.45, 2.75) is 0 Å². The third kappa shape index (κ3) is 3.29. The molecule has 1 aromatic heterocycles. The number of carboxylic acids is 1. The number of carboxylic acid groups (broad SMARTS) is 1.